The van der Waals surface area contributed by atoms with Crippen LogP contribution in [0.4, 0.5) is 0 Å². The molecule has 0 aliphatic heterocycles. The molecular weight excluding hydrogens is 158 g/mol. The van der Waals surface area contributed by atoms with Gasteiger partial charge in [0.2, 0.25) is 0 Å². The van der Waals surface area contributed by atoms with Crippen LogP contribution in [0.25, 0.3) is 0 Å². The molecule has 1 aromatic carbocycles. The number of rotatable bonds is 2. The molecule has 0 saturated carbocycles. The Morgan fingerprint density at radius 2 is 2.00 bits per heavy atom. The molecule has 0 amide bonds. The van der Waals surface area contributed by atoms with Gasteiger partial charge in [0.15, 0.2) is 0 Å². The molecule has 1 aromatic rings. The predicted octanol–water partition coefficient (Wildman–Crippen LogP) is 2.69. The fourth-order valence-corrected chi connectivity index (χ4v) is 1.18. The third-order valence-corrected chi connectivity index (χ3v) is 2.03. The van der Waals surface area contributed by atoms with Gasteiger partial charge in [-0.2, -0.15) is 5.26 Å². The molecule has 0 aliphatic carbocycles. The summed E-state index contributed by atoms with van der Waals surface area (Å²) in [6.07, 6.45) is 5.96. The van der Waals surface area contributed by atoms with Crippen LogP contribution in [0.5, 0.6) is 0 Å². The zero-order valence-electron chi connectivity index (χ0n) is 7.62. The van der Waals surface area contributed by atoms with Gasteiger partial charge in [0.25, 0.3) is 0 Å². The highest BCUT2D eigenvalue weighted by atomic mass is 14.2. The minimum atomic E-state index is 0.373. The van der Waals surface area contributed by atoms with E-state index in [9.17, 15) is 0 Å². The number of hydrogen-bond acceptors (Lipinski definition) is 1. The number of benzene rings is 1. The van der Waals surface area contributed by atoms with Gasteiger partial charge in [-0.05, 0) is 23.6 Å². The lowest BCUT2D eigenvalue weighted by Gasteiger charge is -2.07. The van der Waals surface area contributed by atoms with Crippen molar-refractivity contribution in [3.63, 3.8) is 0 Å². The maximum Gasteiger partial charge on any atom is 0.0991 e. The lowest BCUT2D eigenvalue weighted by molar-refractivity contribution is 0.796. The van der Waals surface area contributed by atoms with Crippen LogP contribution in [0.1, 0.15) is 30.4 Å². The molecule has 1 unspecified atom stereocenters. The Balaban J connectivity index is 2.82. The molecule has 0 aromatic heterocycles. The topological polar surface area (TPSA) is 23.8 Å². The monoisotopic (exact) mass is 169 g/mol. The molecule has 0 heterocycles. The smallest absolute Gasteiger partial charge is 0.0991 e. The van der Waals surface area contributed by atoms with E-state index in [0.717, 1.165) is 6.42 Å². The molecular formula is C12H11N. The maximum atomic E-state index is 8.59. The summed E-state index contributed by atoms with van der Waals surface area (Å²) in [5.74, 6) is 3.00. The first-order chi connectivity index (χ1) is 6.27. The SMILES string of the molecule is C#CCC(C)c1ccc(C#N)cc1. The third-order valence-electron chi connectivity index (χ3n) is 2.03. The molecule has 0 saturated heterocycles. The maximum absolute atomic E-state index is 8.59. The summed E-state index contributed by atoms with van der Waals surface area (Å²) < 4.78 is 0. The minimum Gasteiger partial charge on any atom is -0.192 e. The van der Waals surface area contributed by atoms with E-state index in [2.05, 4.69) is 18.9 Å². The van der Waals surface area contributed by atoms with Gasteiger partial charge in [-0.1, -0.05) is 19.1 Å². The van der Waals surface area contributed by atoms with Gasteiger partial charge in [0.1, 0.15) is 0 Å². The normalized spacial score (nSPS) is 11.3. The van der Waals surface area contributed by atoms with Crippen LogP contribution in [-0.2, 0) is 0 Å². The molecule has 0 fully saturated rings. The third kappa shape index (κ3) is 2.36. The second-order valence-electron chi connectivity index (χ2n) is 3.04. The summed E-state index contributed by atoms with van der Waals surface area (Å²) in [7, 11) is 0. The van der Waals surface area contributed by atoms with Crippen molar-refractivity contribution in [2.75, 3.05) is 0 Å². The summed E-state index contributed by atoms with van der Waals surface area (Å²) in [5.41, 5.74) is 1.88. The number of nitriles is 1. The van der Waals surface area contributed by atoms with Crippen LogP contribution in [0.2, 0.25) is 0 Å². The molecule has 1 nitrogen and oxygen atoms in total. The summed E-state index contributed by atoms with van der Waals surface area (Å²) in [6, 6.07) is 9.65. The van der Waals surface area contributed by atoms with Crippen molar-refractivity contribution >= 4 is 0 Å². The Morgan fingerprint density at radius 3 is 2.46 bits per heavy atom. The molecule has 1 heteroatoms. The Bertz CT molecular complexity index is 348. The van der Waals surface area contributed by atoms with Crippen molar-refractivity contribution in [3.05, 3.63) is 35.4 Å². The zero-order chi connectivity index (χ0) is 9.68. The lowest BCUT2D eigenvalue weighted by Crippen LogP contribution is -1.91. The van der Waals surface area contributed by atoms with Crippen molar-refractivity contribution in [1.29, 1.82) is 5.26 Å². The van der Waals surface area contributed by atoms with Crippen molar-refractivity contribution in [2.24, 2.45) is 0 Å². The van der Waals surface area contributed by atoms with Crippen LogP contribution >= 0.6 is 0 Å². The number of nitrogens with zero attached hydrogens (tertiary/aromatic N) is 1. The van der Waals surface area contributed by atoms with Gasteiger partial charge in [-0.15, -0.1) is 12.3 Å². The van der Waals surface area contributed by atoms with Gasteiger partial charge >= 0.3 is 0 Å². The molecule has 1 rings (SSSR count). The second kappa shape index (κ2) is 4.33. The van der Waals surface area contributed by atoms with E-state index in [1.165, 1.54) is 5.56 Å². The highest BCUT2D eigenvalue weighted by Gasteiger charge is 2.02. The summed E-state index contributed by atoms with van der Waals surface area (Å²) in [4.78, 5) is 0. The molecule has 1 atom stereocenters. The lowest BCUT2D eigenvalue weighted by atomic mass is 9.97. The van der Waals surface area contributed by atoms with E-state index in [0.29, 0.717) is 11.5 Å². The van der Waals surface area contributed by atoms with Crippen molar-refractivity contribution in [2.45, 2.75) is 19.3 Å². The van der Waals surface area contributed by atoms with E-state index in [-0.39, 0.29) is 0 Å². The van der Waals surface area contributed by atoms with Gasteiger partial charge < -0.3 is 0 Å². The molecule has 0 radical (unpaired) electrons. The summed E-state index contributed by atoms with van der Waals surface area (Å²) in [6.45, 7) is 2.08. The van der Waals surface area contributed by atoms with Crippen LogP contribution in [0.3, 0.4) is 0 Å². The molecule has 0 spiro atoms. The second-order valence-corrected chi connectivity index (χ2v) is 3.04. The first-order valence-electron chi connectivity index (χ1n) is 4.21. The van der Waals surface area contributed by atoms with E-state index < -0.39 is 0 Å². The van der Waals surface area contributed by atoms with Crippen LogP contribution in [0.15, 0.2) is 24.3 Å². The van der Waals surface area contributed by atoms with Crippen molar-refractivity contribution in [1.82, 2.24) is 0 Å². The van der Waals surface area contributed by atoms with Crippen LogP contribution in [0, 0.1) is 23.7 Å². The van der Waals surface area contributed by atoms with Gasteiger partial charge in [0, 0.05) is 6.42 Å². The Labute approximate surface area is 79.0 Å². The first kappa shape index (κ1) is 9.36. The van der Waals surface area contributed by atoms with E-state index >= 15 is 0 Å². The average molecular weight is 169 g/mol. The van der Waals surface area contributed by atoms with E-state index in [1.807, 2.05) is 24.3 Å². The Morgan fingerprint density at radius 1 is 1.38 bits per heavy atom. The average Bonchev–Trinajstić information content (AvgIpc) is 2.18. The largest absolute Gasteiger partial charge is 0.192 e. The minimum absolute atomic E-state index is 0.373. The van der Waals surface area contributed by atoms with Crippen molar-refractivity contribution in [3.8, 4) is 18.4 Å². The molecule has 0 aliphatic rings. The molecule has 0 N–H and O–H groups in total. The molecule has 0 bridgehead atoms. The molecule has 13 heavy (non-hydrogen) atoms. The first-order valence-corrected chi connectivity index (χ1v) is 4.21. The van der Waals surface area contributed by atoms with Crippen LogP contribution in [-0.4, -0.2) is 0 Å². The van der Waals surface area contributed by atoms with Gasteiger partial charge in [0.05, 0.1) is 11.6 Å². The fourth-order valence-electron chi connectivity index (χ4n) is 1.18. The van der Waals surface area contributed by atoms with Gasteiger partial charge in [-0.3, -0.25) is 0 Å². The fraction of sp³-hybridized carbons (Fsp3) is 0.250. The van der Waals surface area contributed by atoms with Gasteiger partial charge in [-0.25, -0.2) is 0 Å². The Kier molecular flexibility index (Phi) is 3.12. The standard InChI is InChI=1S/C12H11N/c1-3-4-10(2)12-7-5-11(9-13)6-8-12/h1,5-8,10H,4H2,2H3. The Hall–Kier alpha value is -1.73. The van der Waals surface area contributed by atoms with Crippen molar-refractivity contribution < 1.29 is 0 Å². The highest BCUT2D eigenvalue weighted by molar-refractivity contribution is 5.33. The predicted molar refractivity (Wildman–Crippen MR) is 53.0 cm³/mol. The zero-order valence-corrected chi connectivity index (χ0v) is 7.62. The quantitative estimate of drug-likeness (QED) is 0.624. The highest BCUT2D eigenvalue weighted by Crippen LogP contribution is 2.18. The summed E-state index contributed by atoms with van der Waals surface area (Å²) >= 11 is 0. The van der Waals surface area contributed by atoms with E-state index in [4.69, 9.17) is 11.7 Å². The van der Waals surface area contributed by atoms with E-state index in [1.54, 1.807) is 0 Å². The number of hydrogen-bond donors (Lipinski definition) is 0. The number of terminal acetylenes is 1. The summed E-state index contributed by atoms with van der Waals surface area (Å²) in [5, 5.41) is 8.59. The van der Waals surface area contributed by atoms with Crippen LogP contribution < -0.4 is 0 Å². The molecule has 64 valence electrons.